The Kier molecular flexibility index (Phi) is 3.43. The van der Waals surface area contributed by atoms with Crippen LogP contribution in [-0.4, -0.2) is 39.4 Å². The van der Waals surface area contributed by atoms with E-state index in [0.717, 1.165) is 25.2 Å². The molecule has 0 spiro atoms. The lowest BCUT2D eigenvalue weighted by Crippen LogP contribution is -2.37. The van der Waals surface area contributed by atoms with E-state index in [2.05, 4.69) is 33.9 Å². The van der Waals surface area contributed by atoms with E-state index in [0.29, 0.717) is 12.5 Å². The fourth-order valence-electron chi connectivity index (χ4n) is 3.65. The van der Waals surface area contributed by atoms with Crippen molar-refractivity contribution in [2.24, 2.45) is 0 Å². The fraction of sp³-hybridized carbons (Fsp3) is 0.438. The zero-order valence-corrected chi connectivity index (χ0v) is 13.3. The molecule has 0 saturated carbocycles. The van der Waals surface area contributed by atoms with Gasteiger partial charge in [0.2, 0.25) is 5.91 Å². The van der Waals surface area contributed by atoms with Crippen molar-refractivity contribution >= 4 is 22.9 Å². The number of nitrogens with zero attached hydrogens (tertiary/aromatic N) is 4. The normalized spacial score (nSPS) is 25.0. The lowest BCUT2D eigenvalue weighted by atomic mass is 10.1. The molecule has 0 unspecified atom stereocenters. The summed E-state index contributed by atoms with van der Waals surface area (Å²) in [5.41, 5.74) is 0.828. The van der Waals surface area contributed by atoms with Gasteiger partial charge in [-0.3, -0.25) is 9.69 Å². The van der Waals surface area contributed by atoms with Gasteiger partial charge in [-0.05, 0) is 25.5 Å². The average molecular weight is 314 g/mol. The van der Waals surface area contributed by atoms with Crippen LogP contribution in [0.1, 0.15) is 22.6 Å². The molecule has 0 bridgehead atoms. The van der Waals surface area contributed by atoms with Gasteiger partial charge in [-0.15, -0.1) is 11.3 Å². The molecule has 4 heterocycles. The van der Waals surface area contributed by atoms with Crippen LogP contribution in [0.5, 0.6) is 0 Å². The first kappa shape index (κ1) is 13.8. The second-order valence-electron chi connectivity index (χ2n) is 5.97. The van der Waals surface area contributed by atoms with Crippen LogP contribution in [0.25, 0.3) is 0 Å². The first-order valence-electron chi connectivity index (χ1n) is 7.59. The summed E-state index contributed by atoms with van der Waals surface area (Å²) < 4.78 is 0. The summed E-state index contributed by atoms with van der Waals surface area (Å²) in [6.45, 7) is 4.13. The van der Waals surface area contributed by atoms with Crippen LogP contribution in [0, 0.1) is 6.92 Å². The Bertz CT molecular complexity index is 686. The number of amides is 1. The fourth-order valence-corrected chi connectivity index (χ4v) is 4.56. The highest BCUT2D eigenvalue weighted by atomic mass is 32.1. The van der Waals surface area contributed by atoms with Crippen molar-refractivity contribution in [2.75, 3.05) is 11.4 Å². The molecule has 114 valence electrons. The number of carbonyl (C=O) groups is 1. The molecule has 2 fully saturated rings. The van der Waals surface area contributed by atoms with Gasteiger partial charge in [0.05, 0.1) is 24.1 Å². The maximum absolute atomic E-state index is 12.4. The topological polar surface area (TPSA) is 49.3 Å². The molecule has 0 N–H and O–H groups in total. The van der Waals surface area contributed by atoms with Crippen molar-refractivity contribution < 1.29 is 4.79 Å². The van der Waals surface area contributed by atoms with Crippen LogP contribution in [0.15, 0.2) is 30.9 Å². The van der Waals surface area contributed by atoms with Crippen LogP contribution in [0.3, 0.4) is 0 Å². The minimum atomic E-state index is 0.192. The monoisotopic (exact) mass is 314 g/mol. The Morgan fingerprint density at radius 2 is 2.09 bits per heavy atom. The van der Waals surface area contributed by atoms with Crippen LogP contribution >= 0.6 is 11.3 Å². The van der Waals surface area contributed by atoms with Gasteiger partial charge in [-0.25, -0.2) is 9.97 Å². The molecule has 4 rings (SSSR count). The van der Waals surface area contributed by atoms with Gasteiger partial charge < -0.3 is 4.90 Å². The van der Waals surface area contributed by atoms with E-state index in [4.69, 9.17) is 0 Å². The zero-order chi connectivity index (χ0) is 15.1. The van der Waals surface area contributed by atoms with Crippen LogP contribution in [0.2, 0.25) is 0 Å². The minimum absolute atomic E-state index is 0.192. The van der Waals surface area contributed by atoms with Gasteiger partial charge in [-0.1, -0.05) is 0 Å². The van der Waals surface area contributed by atoms with Gasteiger partial charge in [0, 0.05) is 35.3 Å². The van der Waals surface area contributed by atoms with E-state index < -0.39 is 0 Å². The summed E-state index contributed by atoms with van der Waals surface area (Å²) in [5, 5.41) is 0. The van der Waals surface area contributed by atoms with Gasteiger partial charge in [0.15, 0.2) is 0 Å². The molecular weight excluding hydrogens is 296 g/mol. The second-order valence-corrected chi connectivity index (χ2v) is 7.34. The number of fused-ring (bicyclic) bond motifs is 1. The third kappa shape index (κ3) is 2.32. The second kappa shape index (κ2) is 5.44. The lowest BCUT2D eigenvalue weighted by molar-refractivity contribution is -0.117. The number of likely N-dealkylation sites (tertiary alicyclic amines) is 1. The Labute approximate surface area is 133 Å². The highest BCUT2D eigenvalue weighted by molar-refractivity contribution is 7.11. The predicted octanol–water partition coefficient (Wildman–Crippen LogP) is 2.23. The first-order valence-corrected chi connectivity index (χ1v) is 8.40. The van der Waals surface area contributed by atoms with Gasteiger partial charge in [0.25, 0.3) is 0 Å². The maximum atomic E-state index is 12.4. The Morgan fingerprint density at radius 1 is 1.27 bits per heavy atom. The number of hydrogen-bond donors (Lipinski definition) is 0. The van der Waals surface area contributed by atoms with Gasteiger partial charge >= 0.3 is 0 Å². The molecule has 2 aromatic heterocycles. The molecule has 2 atom stereocenters. The zero-order valence-electron chi connectivity index (χ0n) is 12.5. The van der Waals surface area contributed by atoms with E-state index in [1.165, 1.54) is 16.1 Å². The molecule has 2 aromatic rings. The first-order chi connectivity index (χ1) is 10.7. The molecular formula is C16H18N4OS. The Balaban J connectivity index is 1.54. The number of hydrogen-bond acceptors (Lipinski definition) is 5. The molecule has 2 aliphatic heterocycles. The van der Waals surface area contributed by atoms with Crippen molar-refractivity contribution in [3.63, 3.8) is 0 Å². The molecule has 2 aliphatic rings. The quantitative estimate of drug-likeness (QED) is 0.872. The number of aryl methyl sites for hydroxylation is 1. The third-order valence-corrected chi connectivity index (χ3v) is 5.57. The highest BCUT2D eigenvalue weighted by Crippen LogP contribution is 2.36. The molecule has 1 amide bonds. The van der Waals surface area contributed by atoms with Gasteiger partial charge in [0.1, 0.15) is 6.33 Å². The van der Waals surface area contributed by atoms with E-state index >= 15 is 0 Å². The van der Waals surface area contributed by atoms with E-state index in [-0.39, 0.29) is 11.9 Å². The molecule has 6 heteroatoms. The molecule has 0 radical (unpaired) electrons. The standard InChI is InChI=1S/C16H18N4OS/c1-11-2-3-13(22-11)9-19-5-4-14-15(19)6-16(21)20(14)12-7-17-10-18-8-12/h2-3,7-8,10,14-15H,4-6,9H2,1H3/t14-,15-/m0/s1. The van der Waals surface area contributed by atoms with Crippen molar-refractivity contribution in [3.05, 3.63) is 40.6 Å². The van der Waals surface area contributed by atoms with Gasteiger partial charge in [-0.2, -0.15) is 0 Å². The summed E-state index contributed by atoms with van der Waals surface area (Å²) in [5.74, 6) is 0.192. The minimum Gasteiger partial charge on any atom is -0.305 e. The molecule has 0 aromatic carbocycles. The highest BCUT2D eigenvalue weighted by Gasteiger charge is 2.47. The van der Waals surface area contributed by atoms with Crippen LogP contribution < -0.4 is 4.90 Å². The number of anilines is 1. The van der Waals surface area contributed by atoms with Crippen LogP contribution in [-0.2, 0) is 11.3 Å². The predicted molar refractivity (Wildman–Crippen MR) is 85.8 cm³/mol. The maximum Gasteiger partial charge on any atom is 0.229 e. The smallest absolute Gasteiger partial charge is 0.229 e. The van der Waals surface area contributed by atoms with E-state index in [9.17, 15) is 4.79 Å². The van der Waals surface area contributed by atoms with Crippen molar-refractivity contribution in [2.45, 2.75) is 38.4 Å². The molecule has 0 aliphatic carbocycles. The number of carbonyl (C=O) groups excluding carboxylic acids is 1. The summed E-state index contributed by atoms with van der Waals surface area (Å²) in [6.07, 6.45) is 6.60. The van der Waals surface area contributed by atoms with Crippen molar-refractivity contribution in [1.29, 1.82) is 0 Å². The Morgan fingerprint density at radius 3 is 2.82 bits per heavy atom. The number of aromatic nitrogens is 2. The summed E-state index contributed by atoms with van der Waals surface area (Å²) in [4.78, 5) is 27.6. The molecule has 5 nitrogen and oxygen atoms in total. The SMILES string of the molecule is Cc1ccc(CN2CC[C@H]3[C@@H]2CC(=O)N3c2cncnc2)s1. The number of thiophene rings is 1. The molecule has 2 saturated heterocycles. The summed E-state index contributed by atoms with van der Waals surface area (Å²) in [6, 6.07) is 4.95. The number of rotatable bonds is 3. The van der Waals surface area contributed by atoms with Crippen molar-refractivity contribution in [3.8, 4) is 0 Å². The Hall–Kier alpha value is -1.79. The summed E-state index contributed by atoms with van der Waals surface area (Å²) >= 11 is 1.85. The van der Waals surface area contributed by atoms with E-state index in [1.54, 1.807) is 12.4 Å². The lowest BCUT2D eigenvalue weighted by Gasteiger charge is -2.24. The summed E-state index contributed by atoms with van der Waals surface area (Å²) in [7, 11) is 0. The average Bonchev–Trinajstić information content (AvgIpc) is 3.17. The molecule has 22 heavy (non-hydrogen) atoms. The largest absolute Gasteiger partial charge is 0.305 e. The van der Waals surface area contributed by atoms with E-state index in [1.807, 2.05) is 16.2 Å². The van der Waals surface area contributed by atoms with Crippen LogP contribution in [0.4, 0.5) is 5.69 Å². The van der Waals surface area contributed by atoms with Crippen molar-refractivity contribution in [1.82, 2.24) is 14.9 Å². The third-order valence-electron chi connectivity index (χ3n) is 4.59.